The Kier molecular flexibility index (Phi) is 2.90. The molecule has 1 aliphatic heterocycles. The van der Waals surface area contributed by atoms with E-state index < -0.39 is 11.7 Å². The van der Waals surface area contributed by atoms with Crippen LogP contribution in [0.15, 0.2) is 42.6 Å². The summed E-state index contributed by atoms with van der Waals surface area (Å²) < 4.78 is 13.2. The minimum atomic E-state index is -0.501. The Bertz CT molecular complexity index is 702. The Morgan fingerprint density at radius 3 is 2.95 bits per heavy atom. The Morgan fingerprint density at radius 2 is 2.15 bits per heavy atom. The molecule has 2 amide bonds. The zero-order chi connectivity index (χ0) is 14.1. The number of nitrogens with one attached hydrogen (secondary N) is 1. The van der Waals surface area contributed by atoms with E-state index in [2.05, 4.69) is 10.3 Å². The van der Waals surface area contributed by atoms with Gasteiger partial charge in [0.05, 0.1) is 5.69 Å². The summed E-state index contributed by atoms with van der Waals surface area (Å²) >= 11 is 0. The Morgan fingerprint density at radius 1 is 1.30 bits per heavy atom. The van der Waals surface area contributed by atoms with E-state index in [1.807, 2.05) is 0 Å². The molecule has 0 bridgehead atoms. The SMILES string of the molecule is O=C1CN(C(=O)c2cccc(F)c2)c2ncccc2N1. The summed E-state index contributed by atoms with van der Waals surface area (Å²) in [5, 5.41) is 2.64. The molecule has 2 heterocycles. The first-order chi connectivity index (χ1) is 9.65. The molecule has 100 valence electrons. The molecule has 1 aliphatic rings. The van der Waals surface area contributed by atoms with Crippen molar-refractivity contribution in [2.75, 3.05) is 16.8 Å². The Balaban J connectivity index is 2.02. The predicted octanol–water partition coefficient (Wildman–Crippen LogP) is 1.82. The fourth-order valence-electron chi connectivity index (χ4n) is 2.06. The van der Waals surface area contributed by atoms with E-state index in [0.717, 1.165) is 6.07 Å². The van der Waals surface area contributed by atoms with Crippen LogP contribution in [0.3, 0.4) is 0 Å². The number of hydrogen-bond donors (Lipinski definition) is 1. The summed E-state index contributed by atoms with van der Waals surface area (Å²) in [6, 6.07) is 8.66. The second-order valence-electron chi connectivity index (χ2n) is 4.32. The highest BCUT2D eigenvalue weighted by atomic mass is 19.1. The molecule has 0 fully saturated rings. The van der Waals surface area contributed by atoms with E-state index in [1.165, 1.54) is 29.3 Å². The molecular formula is C14H10FN3O2. The molecular weight excluding hydrogens is 261 g/mol. The topological polar surface area (TPSA) is 62.3 Å². The summed E-state index contributed by atoms with van der Waals surface area (Å²) in [4.78, 5) is 29.4. The Hall–Kier alpha value is -2.76. The second kappa shape index (κ2) is 4.73. The molecule has 20 heavy (non-hydrogen) atoms. The van der Waals surface area contributed by atoms with Crippen LogP contribution in [0, 0.1) is 5.82 Å². The normalized spacial score (nSPS) is 13.7. The molecule has 0 spiro atoms. The summed E-state index contributed by atoms with van der Waals surface area (Å²) in [5.41, 5.74) is 0.643. The number of nitrogens with zero attached hydrogens (tertiary/aromatic N) is 2. The number of amides is 2. The van der Waals surface area contributed by atoms with Crippen LogP contribution in [0.25, 0.3) is 0 Å². The lowest BCUT2D eigenvalue weighted by Gasteiger charge is -2.27. The molecule has 0 saturated carbocycles. The van der Waals surface area contributed by atoms with Crippen LogP contribution in [-0.4, -0.2) is 23.3 Å². The van der Waals surface area contributed by atoms with Crippen molar-refractivity contribution in [3.05, 3.63) is 54.0 Å². The van der Waals surface area contributed by atoms with Crippen LogP contribution in [0.5, 0.6) is 0 Å². The van der Waals surface area contributed by atoms with Gasteiger partial charge in [0, 0.05) is 11.8 Å². The van der Waals surface area contributed by atoms with E-state index in [1.54, 1.807) is 12.1 Å². The van der Waals surface area contributed by atoms with Crippen molar-refractivity contribution >= 4 is 23.3 Å². The number of carbonyl (C=O) groups excluding carboxylic acids is 2. The van der Waals surface area contributed by atoms with Gasteiger partial charge in [-0.25, -0.2) is 9.37 Å². The molecule has 1 aromatic carbocycles. The summed E-state index contributed by atoms with van der Waals surface area (Å²) in [7, 11) is 0. The van der Waals surface area contributed by atoms with Crippen LogP contribution in [0.2, 0.25) is 0 Å². The first-order valence-corrected chi connectivity index (χ1v) is 5.97. The van der Waals surface area contributed by atoms with Gasteiger partial charge in [-0.15, -0.1) is 0 Å². The first-order valence-electron chi connectivity index (χ1n) is 5.97. The van der Waals surface area contributed by atoms with E-state index in [4.69, 9.17) is 0 Å². The van der Waals surface area contributed by atoms with Crippen molar-refractivity contribution in [2.45, 2.75) is 0 Å². The lowest BCUT2D eigenvalue weighted by Crippen LogP contribution is -2.42. The molecule has 2 aromatic rings. The molecule has 5 nitrogen and oxygen atoms in total. The number of halogens is 1. The standard InChI is InChI=1S/C14H10FN3O2/c15-10-4-1-3-9(7-10)14(20)18-8-12(19)17-11-5-2-6-16-13(11)18/h1-7H,8H2,(H,17,19). The third-order valence-corrected chi connectivity index (χ3v) is 2.93. The van der Waals surface area contributed by atoms with Crippen LogP contribution >= 0.6 is 0 Å². The summed E-state index contributed by atoms with van der Waals surface area (Å²) in [6.07, 6.45) is 1.53. The number of hydrogen-bond acceptors (Lipinski definition) is 3. The smallest absolute Gasteiger partial charge is 0.260 e. The van der Waals surface area contributed by atoms with Gasteiger partial charge in [-0.1, -0.05) is 6.07 Å². The van der Waals surface area contributed by atoms with Gasteiger partial charge < -0.3 is 5.32 Å². The maximum Gasteiger partial charge on any atom is 0.260 e. The number of benzene rings is 1. The Labute approximate surface area is 114 Å². The van der Waals surface area contributed by atoms with Crippen molar-refractivity contribution in [1.29, 1.82) is 0 Å². The van der Waals surface area contributed by atoms with Crippen LogP contribution in [0.4, 0.5) is 15.9 Å². The highest BCUT2D eigenvalue weighted by Gasteiger charge is 2.28. The monoisotopic (exact) mass is 271 g/mol. The van der Waals surface area contributed by atoms with Gasteiger partial charge in [-0.3, -0.25) is 14.5 Å². The third kappa shape index (κ3) is 2.11. The fraction of sp³-hybridized carbons (Fsp3) is 0.0714. The number of rotatable bonds is 1. The molecule has 6 heteroatoms. The van der Waals surface area contributed by atoms with Crippen LogP contribution < -0.4 is 10.2 Å². The van der Waals surface area contributed by atoms with E-state index >= 15 is 0 Å². The maximum absolute atomic E-state index is 13.2. The quantitative estimate of drug-likeness (QED) is 0.860. The number of carbonyl (C=O) groups is 2. The van der Waals surface area contributed by atoms with Gasteiger partial charge in [0.2, 0.25) is 5.91 Å². The second-order valence-corrected chi connectivity index (χ2v) is 4.32. The maximum atomic E-state index is 13.2. The van der Waals surface area contributed by atoms with Crippen molar-refractivity contribution in [2.24, 2.45) is 0 Å². The van der Waals surface area contributed by atoms with Gasteiger partial charge in [-0.05, 0) is 30.3 Å². The molecule has 0 unspecified atom stereocenters. The van der Waals surface area contributed by atoms with Crippen molar-refractivity contribution in [3.63, 3.8) is 0 Å². The molecule has 3 rings (SSSR count). The lowest BCUT2D eigenvalue weighted by molar-refractivity contribution is -0.115. The number of aromatic nitrogens is 1. The minimum Gasteiger partial charge on any atom is -0.321 e. The van der Waals surface area contributed by atoms with Gasteiger partial charge in [0.1, 0.15) is 12.4 Å². The number of fused-ring (bicyclic) bond motifs is 1. The lowest BCUT2D eigenvalue weighted by atomic mass is 10.1. The molecule has 1 N–H and O–H groups in total. The minimum absolute atomic E-state index is 0.140. The third-order valence-electron chi connectivity index (χ3n) is 2.93. The first kappa shape index (κ1) is 12.3. The van der Waals surface area contributed by atoms with E-state index in [-0.39, 0.29) is 18.0 Å². The van der Waals surface area contributed by atoms with Crippen molar-refractivity contribution in [3.8, 4) is 0 Å². The van der Waals surface area contributed by atoms with Crippen LogP contribution in [0.1, 0.15) is 10.4 Å². The molecule has 0 aliphatic carbocycles. The van der Waals surface area contributed by atoms with Gasteiger partial charge >= 0.3 is 0 Å². The van der Waals surface area contributed by atoms with E-state index in [9.17, 15) is 14.0 Å². The largest absolute Gasteiger partial charge is 0.321 e. The van der Waals surface area contributed by atoms with Crippen molar-refractivity contribution in [1.82, 2.24) is 4.98 Å². The van der Waals surface area contributed by atoms with Crippen LogP contribution in [-0.2, 0) is 4.79 Å². The highest BCUT2D eigenvalue weighted by Crippen LogP contribution is 2.27. The average molecular weight is 271 g/mol. The number of anilines is 2. The average Bonchev–Trinajstić information content (AvgIpc) is 2.45. The summed E-state index contributed by atoms with van der Waals surface area (Å²) in [6.45, 7) is -0.140. The predicted molar refractivity (Wildman–Crippen MR) is 70.9 cm³/mol. The highest BCUT2D eigenvalue weighted by molar-refractivity contribution is 6.14. The number of pyridine rings is 1. The molecule has 0 radical (unpaired) electrons. The fourth-order valence-corrected chi connectivity index (χ4v) is 2.06. The van der Waals surface area contributed by atoms with Gasteiger partial charge in [0.15, 0.2) is 5.82 Å². The van der Waals surface area contributed by atoms with E-state index in [0.29, 0.717) is 11.5 Å². The van der Waals surface area contributed by atoms with Gasteiger partial charge in [0.25, 0.3) is 5.91 Å². The molecule has 0 saturated heterocycles. The zero-order valence-corrected chi connectivity index (χ0v) is 10.3. The van der Waals surface area contributed by atoms with Crippen molar-refractivity contribution < 1.29 is 14.0 Å². The molecule has 1 aromatic heterocycles. The zero-order valence-electron chi connectivity index (χ0n) is 10.3. The molecule has 0 atom stereocenters. The van der Waals surface area contributed by atoms with Gasteiger partial charge in [-0.2, -0.15) is 0 Å². The summed E-state index contributed by atoms with van der Waals surface area (Å²) in [5.74, 6) is -0.908.